The number of hydrogen-bond acceptors (Lipinski definition) is 9. The van der Waals surface area contributed by atoms with Crippen LogP contribution < -0.4 is 0 Å². The van der Waals surface area contributed by atoms with E-state index >= 15 is 0 Å². The van der Waals surface area contributed by atoms with Crippen LogP contribution in [-0.2, 0) is 0 Å². The van der Waals surface area contributed by atoms with Crippen LogP contribution in [0.15, 0.2) is 152 Å². The van der Waals surface area contributed by atoms with E-state index in [1.807, 2.05) is 85.5 Å². The average molecular weight is 668 g/mol. The third-order valence-electron chi connectivity index (χ3n) is 9.16. The SMILES string of the molecule is c1ccc(-c2nc(-c3cc(-c4cc5cccnc5c5ncccc45)cc(-c4cc5cccnc5c5ncccc45)c3)nc(-c3ccccn3)n2)nc1. The van der Waals surface area contributed by atoms with Crippen molar-refractivity contribution in [3.05, 3.63) is 152 Å². The Labute approximate surface area is 296 Å². The molecule has 0 unspecified atom stereocenters. The Balaban J connectivity index is 1.30. The molecule has 0 radical (unpaired) electrons. The Morgan fingerprint density at radius 2 is 0.731 bits per heavy atom. The van der Waals surface area contributed by atoms with Gasteiger partial charge in [0.2, 0.25) is 0 Å². The minimum atomic E-state index is 0.455. The van der Waals surface area contributed by atoms with Crippen molar-refractivity contribution >= 4 is 43.6 Å². The fraction of sp³-hybridized carbons (Fsp3) is 0. The molecule has 0 aliphatic rings. The minimum absolute atomic E-state index is 0.455. The lowest BCUT2D eigenvalue weighted by molar-refractivity contribution is 1.05. The zero-order valence-electron chi connectivity index (χ0n) is 27.5. The highest BCUT2D eigenvalue weighted by molar-refractivity contribution is 6.12. The van der Waals surface area contributed by atoms with Gasteiger partial charge in [-0.05, 0) is 101 Å². The van der Waals surface area contributed by atoms with Gasteiger partial charge in [-0.15, -0.1) is 0 Å². The number of benzene rings is 3. The maximum atomic E-state index is 5.04. The third-order valence-corrected chi connectivity index (χ3v) is 9.16. The number of aromatic nitrogens is 9. The van der Waals surface area contributed by atoms with Crippen LogP contribution in [0, 0.1) is 0 Å². The van der Waals surface area contributed by atoms with Gasteiger partial charge in [-0.25, -0.2) is 15.0 Å². The van der Waals surface area contributed by atoms with Crippen LogP contribution in [0.3, 0.4) is 0 Å². The molecule has 242 valence electrons. The molecule has 52 heavy (non-hydrogen) atoms. The fourth-order valence-electron chi connectivity index (χ4n) is 6.82. The van der Waals surface area contributed by atoms with Gasteiger partial charge in [0.15, 0.2) is 17.5 Å². The molecule has 0 aliphatic carbocycles. The predicted octanol–water partition coefficient (Wildman–Crippen LogP) is 9.19. The summed E-state index contributed by atoms with van der Waals surface area (Å²) in [7, 11) is 0. The second-order valence-electron chi connectivity index (χ2n) is 12.3. The molecule has 0 fully saturated rings. The molecule has 9 nitrogen and oxygen atoms in total. The summed E-state index contributed by atoms with van der Waals surface area (Å²) in [5.41, 5.74) is 9.43. The van der Waals surface area contributed by atoms with Gasteiger partial charge < -0.3 is 0 Å². The molecule has 0 spiro atoms. The molecule has 0 aliphatic heterocycles. The summed E-state index contributed by atoms with van der Waals surface area (Å²) in [5.74, 6) is 1.40. The van der Waals surface area contributed by atoms with Gasteiger partial charge in [0.05, 0.1) is 22.1 Å². The first-order valence-electron chi connectivity index (χ1n) is 16.8. The van der Waals surface area contributed by atoms with Gasteiger partial charge >= 0.3 is 0 Å². The molecular formula is C43H25N9. The average Bonchev–Trinajstić information content (AvgIpc) is 3.23. The van der Waals surface area contributed by atoms with Crippen molar-refractivity contribution in [3.63, 3.8) is 0 Å². The van der Waals surface area contributed by atoms with Crippen molar-refractivity contribution < 1.29 is 0 Å². The van der Waals surface area contributed by atoms with E-state index in [1.54, 1.807) is 12.4 Å². The number of nitrogens with zero attached hydrogens (tertiary/aromatic N) is 9. The number of rotatable bonds is 5. The van der Waals surface area contributed by atoms with Crippen molar-refractivity contribution in [2.24, 2.45) is 0 Å². The Morgan fingerprint density at radius 3 is 1.21 bits per heavy atom. The maximum Gasteiger partial charge on any atom is 0.182 e. The third kappa shape index (κ3) is 5.07. The largest absolute Gasteiger partial charge is 0.254 e. The summed E-state index contributed by atoms with van der Waals surface area (Å²) in [6.07, 6.45) is 10.7. The molecule has 3 aromatic carbocycles. The second-order valence-corrected chi connectivity index (χ2v) is 12.3. The van der Waals surface area contributed by atoms with Crippen molar-refractivity contribution in [1.82, 2.24) is 44.9 Å². The van der Waals surface area contributed by atoms with E-state index in [0.29, 0.717) is 28.9 Å². The molecule has 0 bridgehead atoms. The molecule has 7 aromatic heterocycles. The molecule has 0 amide bonds. The van der Waals surface area contributed by atoms with Crippen molar-refractivity contribution in [3.8, 4) is 56.7 Å². The van der Waals surface area contributed by atoms with Crippen LogP contribution in [0.25, 0.3) is 100 Å². The van der Waals surface area contributed by atoms with Crippen LogP contribution in [-0.4, -0.2) is 44.9 Å². The molecule has 9 heteroatoms. The van der Waals surface area contributed by atoms with Gasteiger partial charge in [-0.1, -0.05) is 36.4 Å². The highest BCUT2D eigenvalue weighted by Crippen LogP contribution is 2.40. The summed E-state index contributed by atoms with van der Waals surface area (Å²) in [4.78, 5) is 43.1. The standard InChI is InChI=1S/C43H25N9/c1-3-15-44-35(13-1)42-50-41(51-43(52-42)36-14-2-4-16-45-36)30-22-28(33-24-26-9-5-17-46-37(26)39-31(33)11-7-19-48-39)21-29(23-30)34-25-27-10-6-18-47-38(27)40-32(34)12-8-20-49-40/h1-25H. The fourth-order valence-corrected chi connectivity index (χ4v) is 6.82. The first-order valence-corrected chi connectivity index (χ1v) is 16.8. The predicted molar refractivity (Wildman–Crippen MR) is 204 cm³/mol. The van der Waals surface area contributed by atoms with E-state index in [-0.39, 0.29) is 0 Å². The lowest BCUT2D eigenvalue weighted by atomic mass is 9.91. The van der Waals surface area contributed by atoms with Gasteiger partial charge in [-0.2, -0.15) is 0 Å². The van der Waals surface area contributed by atoms with E-state index in [4.69, 9.17) is 34.9 Å². The van der Waals surface area contributed by atoms with E-state index in [0.717, 1.165) is 71.4 Å². The van der Waals surface area contributed by atoms with Crippen molar-refractivity contribution in [1.29, 1.82) is 0 Å². The Morgan fingerprint density at radius 1 is 0.308 bits per heavy atom. The molecule has 10 aromatic rings. The summed E-state index contributed by atoms with van der Waals surface area (Å²) in [5, 5.41) is 3.98. The zero-order valence-corrected chi connectivity index (χ0v) is 27.5. The highest BCUT2D eigenvalue weighted by Gasteiger charge is 2.19. The van der Waals surface area contributed by atoms with Gasteiger partial charge in [0, 0.05) is 64.3 Å². The van der Waals surface area contributed by atoms with Gasteiger partial charge in [0.1, 0.15) is 11.4 Å². The van der Waals surface area contributed by atoms with E-state index < -0.39 is 0 Å². The number of hydrogen-bond donors (Lipinski definition) is 0. The summed E-state index contributed by atoms with van der Waals surface area (Å²) >= 11 is 0. The lowest BCUT2D eigenvalue weighted by Gasteiger charge is -2.15. The number of fused-ring (bicyclic) bond motifs is 6. The Hall–Kier alpha value is -7.39. The highest BCUT2D eigenvalue weighted by atomic mass is 15.1. The second kappa shape index (κ2) is 12.2. The molecule has 0 saturated heterocycles. The van der Waals surface area contributed by atoms with Gasteiger partial charge in [-0.3, -0.25) is 29.9 Å². The van der Waals surface area contributed by atoms with E-state index in [1.165, 1.54) is 0 Å². The molecular weight excluding hydrogens is 643 g/mol. The van der Waals surface area contributed by atoms with Crippen LogP contribution in [0.5, 0.6) is 0 Å². The first-order chi connectivity index (χ1) is 25.8. The van der Waals surface area contributed by atoms with Crippen molar-refractivity contribution in [2.45, 2.75) is 0 Å². The van der Waals surface area contributed by atoms with Crippen molar-refractivity contribution in [2.75, 3.05) is 0 Å². The summed E-state index contributed by atoms with van der Waals surface area (Å²) < 4.78 is 0. The molecule has 0 saturated carbocycles. The van der Waals surface area contributed by atoms with Crippen LogP contribution in [0.1, 0.15) is 0 Å². The monoisotopic (exact) mass is 667 g/mol. The first kappa shape index (κ1) is 29.5. The summed E-state index contributed by atoms with van der Waals surface area (Å²) in [6, 6.07) is 38.4. The van der Waals surface area contributed by atoms with Crippen LogP contribution >= 0.6 is 0 Å². The smallest absolute Gasteiger partial charge is 0.182 e. The van der Waals surface area contributed by atoms with Crippen LogP contribution in [0.4, 0.5) is 0 Å². The van der Waals surface area contributed by atoms with E-state index in [9.17, 15) is 0 Å². The molecule has 7 heterocycles. The summed E-state index contributed by atoms with van der Waals surface area (Å²) in [6.45, 7) is 0. The molecule has 10 rings (SSSR count). The topological polar surface area (TPSA) is 116 Å². The lowest BCUT2D eigenvalue weighted by Crippen LogP contribution is -2.02. The quantitative estimate of drug-likeness (QED) is 0.166. The Bertz CT molecular complexity index is 2770. The Kier molecular flexibility index (Phi) is 6.92. The zero-order chi connectivity index (χ0) is 34.4. The normalized spacial score (nSPS) is 11.5. The minimum Gasteiger partial charge on any atom is -0.254 e. The maximum absolute atomic E-state index is 5.04. The van der Waals surface area contributed by atoms with Gasteiger partial charge in [0.25, 0.3) is 0 Å². The van der Waals surface area contributed by atoms with E-state index in [2.05, 4.69) is 64.6 Å². The molecule has 0 N–H and O–H groups in total. The molecule has 0 atom stereocenters. The van der Waals surface area contributed by atoms with Crippen LogP contribution in [0.2, 0.25) is 0 Å². The number of pyridine rings is 6.